The molecule has 0 spiro atoms. The van der Waals surface area contributed by atoms with Gasteiger partial charge in [-0.2, -0.15) is 0 Å². The van der Waals surface area contributed by atoms with Crippen LogP contribution in [0.1, 0.15) is 60.8 Å². The molecule has 0 aromatic rings. The second-order valence-electron chi connectivity index (χ2n) is 7.96. The van der Waals surface area contributed by atoms with Crippen LogP contribution in [0.4, 0.5) is 0 Å². The Balaban J connectivity index is 6.56. The molecule has 2 amide bonds. The molecular weight excluding hydrogens is 336 g/mol. The van der Waals surface area contributed by atoms with E-state index in [0.717, 1.165) is 0 Å². The quantitative estimate of drug-likeness (QED) is 0.159. The third kappa shape index (κ3) is 5.75. The maximum atomic E-state index is 13.1. The number of carbonyl (C=O) groups is 3. The Morgan fingerprint density at radius 1 is 1.04 bits per heavy atom. The van der Waals surface area contributed by atoms with Gasteiger partial charge in [0.1, 0.15) is 0 Å². The Bertz CT molecular complexity index is 494. The average Bonchev–Trinajstić information content (AvgIpc) is 2.57. The van der Waals surface area contributed by atoms with Crippen molar-refractivity contribution in [1.82, 2.24) is 10.9 Å². The Kier molecular flexibility index (Phi) is 9.98. The van der Waals surface area contributed by atoms with Crippen LogP contribution in [0.2, 0.25) is 0 Å². The Morgan fingerprint density at radius 2 is 1.58 bits per heavy atom. The maximum absolute atomic E-state index is 13.1. The summed E-state index contributed by atoms with van der Waals surface area (Å²) in [6, 6.07) is -0.802. The molecule has 0 aliphatic heterocycles. The fourth-order valence-corrected chi connectivity index (χ4v) is 4.00. The first kappa shape index (κ1) is 24.5. The number of hydrazine groups is 1. The summed E-state index contributed by atoms with van der Waals surface area (Å²) in [6.07, 6.45) is 1.03. The molecule has 0 saturated carbocycles. The molecule has 0 aliphatic rings. The van der Waals surface area contributed by atoms with Gasteiger partial charge in [0.25, 0.3) is 0 Å². The van der Waals surface area contributed by atoms with E-state index < -0.39 is 35.1 Å². The highest BCUT2D eigenvalue weighted by Gasteiger charge is 2.53. The van der Waals surface area contributed by atoms with Gasteiger partial charge in [-0.05, 0) is 38.0 Å². The molecule has 0 heterocycles. The SMILES string of the molecule is CCC(CC(C)C)(C(=O)[C@@H](C)N)C(C(=O)NO)[C@@H](CC(C)C)C(=O)NN. The number of hydrogen-bond donors (Lipinski definition) is 5. The van der Waals surface area contributed by atoms with Crippen LogP contribution in [0.15, 0.2) is 0 Å². The van der Waals surface area contributed by atoms with Crippen LogP contribution in [0.5, 0.6) is 0 Å². The Morgan fingerprint density at radius 3 is 1.88 bits per heavy atom. The van der Waals surface area contributed by atoms with Gasteiger partial charge in [0, 0.05) is 5.41 Å². The van der Waals surface area contributed by atoms with Crippen LogP contribution in [0.25, 0.3) is 0 Å². The van der Waals surface area contributed by atoms with Crippen molar-refractivity contribution in [3.63, 3.8) is 0 Å². The van der Waals surface area contributed by atoms with Gasteiger partial charge in [-0.15, -0.1) is 0 Å². The van der Waals surface area contributed by atoms with Crippen LogP contribution in [-0.4, -0.2) is 28.8 Å². The number of amides is 2. The Hall–Kier alpha value is -1.51. The van der Waals surface area contributed by atoms with Crippen molar-refractivity contribution in [3.8, 4) is 0 Å². The zero-order valence-corrected chi connectivity index (χ0v) is 16.8. The smallest absolute Gasteiger partial charge is 0.248 e. The van der Waals surface area contributed by atoms with E-state index in [0.29, 0.717) is 19.3 Å². The maximum Gasteiger partial charge on any atom is 0.248 e. The largest absolute Gasteiger partial charge is 0.322 e. The Labute approximate surface area is 156 Å². The summed E-state index contributed by atoms with van der Waals surface area (Å²) in [4.78, 5) is 38.3. The number of carbonyl (C=O) groups excluding carboxylic acids is 3. The topological polar surface area (TPSA) is 148 Å². The van der Waals surface area contributed by atoms with Crippen LogP contribution in [-0.2, 0) is 14.4 Å². The van der Waals surface area contributed by atoms with Crippen LogP contribution < -0.4 is 22.5 Å². The predicted molar refractivity (Wildman–Crippen MR) is 99.5 cm³/mol. The highest BCUT2D eigenvalue weighted by Crippen LogP contribution is 2.45. The molecule has 152 valence electrons. The van der Waals surface area contributed by atoms with E-state index >= 15 is 0 Å². The molecule has 0 radical (unpaired) electrons. The van der Waals surface area contributed by atoms with Crippen molar-refractivity contribution >= 4 is 17.6 Å². The summed E-state index contributed by atoms with van der Waals surface area (Å²) in [5, 5.41) is 9.35. The summed E-state index contributed by atoms with van der Waals surface area (Å²) in [6.45, 7) is 11.1. The van der Waals surface area contributed by atoms with E-state index in [1.807, 2.05) is 27.7 Å². The van der Waals surface area contributed by atoms with Crippen molar-refractivity contribution in [2.24, 2.45) is 40.7 Å². The van der Waals surface area contributed by atoms with E-state index in [2.05, 4.69) is 5.43 Å². The number of nitrogens with two attached hydrogens (primary N) is 2. The summed E-state index contributed by atoms with van der Waals surface area (Å²) < 4.78 is 0. The minimum atomic E-state index is -1.18. The number of ketones is 1. The molecule has 0 fully saturated rings. The zero-order valence-electron chi connectivity index (χ0n) is 16.8. The molecule has 0 aromatic heterocycles. The van der Waals surface area contributed by atoms with E-state index in [9.17, 15) is 19.6 Å². The van der Waals surface area contributed by atoms with Crippen molar-refractivity contribution in [1.29, 1.82) is 0 Å². The second-order valence-corrected chi connectivity index (χ2v) is 7.96. The minimum absolute atomic E-state index is 0.0744. The highest BCUT2D eigenvalue weighted by molar-refractivity contribution is 5.97. The molecular formula is C18H36N4O4. The molecule has 8 nitrogen and oxygen atoms in total. The van der Waals surface area contributed by atoms with Gasteiger partial charge < -0.3 is 5.73 Å². The molecule has 2 unspecified atom stereocenters. The van der Waals surface area contributed by atoms with E-state index in [1.54, 1.807) is 19.3 Å². The fourth-order valence-electron chi connectivity index (χ4n) is 4.00. The fraction of sp³-hybridized carbons (Fsp3) is 0.833. The number of Topliss-reactive ketones (excluding diaryl/α,β-unsaturated/α-hetero) is 1. The number of nitrogens with one attached hydrogen (secondary N) is 2. The normalized spacial score (nSPS) is 17.3. The van der Waals surface area contributed by atoms with Gasteiger partial charge >= 0.3 is 0 Å². The lowest BCUT2D eigenvalue weighted by atomic mass is 9.59. The van der Waals surface area contributed by atoms with Crippen LogP contribution in [0, 0.1) is 29.1 Å². The van der Waals surface area contributed by atoms with E-state index in [1.165, 1.54) is 0 Å². The van der Waals surface area contributed by atoms with E-state index in [-0.39, 0.29) is 17.6 Å². The highest BCUT2D eigenvalue weighted by atomic mass is 16.5. The third-order valence-corrected chi connectivity index (χ3v) is 4.90. The van der Waals surface area contributed by atoms with Gasteiger partial charge in [0.05, 0.1) is 17.9 Å². The van der Waals surface area contributed by atoms with Crippen molar-refractivity contribution in [2.45, 2.75) is 66.8 Å². The van der Waals surface area contributed by atoms with Crippen LogP contribution in [0.3, 0.4) is 0 Å². The van der Waals surface area contributed by atoms with Gasteiger partial charge in [-0.1, -0.05) is 34.6 Å². The monoisotopic (exact) mass is 372 g/mol. The molecule has 0 rings (SSSR count). The molecule has 0 bridgehead atoms. The van der Waals surface area contributed by atoms with Gasteiger partial charge in [0.2, 0.25) is 11.8 Å². The lowest BCUT2D eigenvalue weighted by Crippen LogP contribution is -2.57. The molecule has 0 aromatic carbocycles. The lowest BCUT2D eigenvalue weighted by Gasteiger charge is -2.43. The molecule has 0 aliphatic carbocycles. The molecule has 26 heavy (non-hydrogen) atoms. The van der Waals surface area contributed by atoms with Crippen LogP contribution >= 0.6 is 0 Å². The summed E-state index contributed by atoms with van der Waals surface area (Å²) in [7, 11) is 0. The van der Waals surface area contributed by atoms with Crippen molar-refractivity contribution in [2.75, 3.05) is 0 Å². The summed E-state index contributed by atoms with van der Waals surface area (Å²) in [5.41, 5.74) is 8.47. The second kappa shape index (κ2) is 10.6. The van der Waals surface area contributed by atoms with Gasteiger partial charge in [-0.3, -0.25) is 25.0 Å². The van der Waals surface area contributed by atoms with E-state index in [4.69, 9.17) is 11.6 Å². The zero-order chi connectivity index (χ0) is 20.7. The van der Waals surface area contributed by atoms with Gasteiger partial charge in [-0.25, -0.2) is 11.3 Å². The standard InChI is InChI=1S/C18H36N4O4/c1-7-18(9-11(4)5,15(23)12(6)19)14(17(25)22-26)13(8-10(2)3)16(24)21-20/h10-14,26H,7-9,19-20H2,1-6H3,(H,21,24)(H,22,25)/t12-,13-,14?,18?/m1/s1. The predicted octanol–water partition coefficient (Wildman–Crippen LogP) is 1.12. The lowest BCUT2D eigenvalue weighted by molar-refractivity contribution is -0.155. The minimum Gasteiger partial charge on any atom is -0.322 e. The summed E-state index contributed by atoms with van der Waals surface area (Å²) in [5.74, 6) is 1.96. The number of rotatable bonds is 11. The number of hydrogen-bond acceptors (Lipinski definition) is 6. The van der Waals surface area contributed by atoms with Crippen molar-refractivity contribution in [3.05, 3.63) is 0 Å². The first-order chi connectivity index (χ1) is 12.0. The third-order valence-electron chi connectivity index (χ3n) is 4.90. The van der Waals surface area contributed by atoms with Gasteiger partial charge in [0.15, 0.2) is 5.78 Å². The molecule has 4 atom stereocenters. The molecule has 7 N–H and O–H groups in total. The molecule has 8 heteroatoms. The first-order valence-electron chi connectivity index (χ1n) is 9.22. The number of hydroxylamine groups is 1. The first-order valence-corrected chi connectivity index (χ1v) is 9.22. The molecule has 0 saturated heterocycles. The van der Waals surface area contributed by atoms with Crippen molar-refractivity contribution < 1.29 is 19.6 Å². The average molecular weight is 373 g/mol. The summed E-state index contributed by atoms with van der Waals surface area (Å²) >= 11 is 0.